The van der Waals surface area contributed by atoms with Crippen LogP contribution < -0.4 is 0 Å². The van der Waals surface area contributed by atoms with Gasteiger partial charge in [0.2, 0.25) is 0 Å². The smallest absolute Gasteiger partial charge is 0.305 e. The number of pyridine rings is 4. The van der Waals surface area contributed by atoms with Gasteiger partial charge in [0.25, 0.3) is 0 Å². The molecule has 0 aliphatic carbocycles. The van der Waals surface area contributed by atoms with Gasteiger partial charge in [0.05, 0.1) is 5.69 Å². The molecule has 19 rings (SSSR count). The third-order valence-corrected chi connectivity index (χ3v) is 21.1. The average molecular weight is 1740 g/mol. The summed E-state index contributed by atoms with van der Waals surface area (Å²) in [7, 11) is 0. The van der Waals surface area contributed by atoms with Gasteiger partial charge in [0.15, 0.2) is 0 Å². The second-order valence-corrected chi connectivity index (χ2v) is 28.1. The first kappa shape index (κ1) is 74.8. The molecule has 0 amide bonds. The molecule has 14 aromatic carbocycles. The van der Waals surface area contributed by atoms with Crippen LogP contribution in [0.15, 0.2) is 407 Å². The van der Waals surface area contributed by atoms with E-state index in [1.807, 2.05) is 97.6 Å². The predicted octanol–water partition coefficient (Wildman–Crippen LogP) is 27.1. The Labute approximate surface area is 702 Å². The predicted molar refractivity (Wildman–Crippen MR) is 465 cm³/mol. The minimum Gasteiger partial charge on any atom is -0.305 e. The van der Waals surface area contributed by atoms with Crippen molar-refractivity contribution in [2.24, 2.45) is 0 Å². The van der Waals surface area contributed by atoms with Crippen molar-refractivity contribution in [1.82, 2.24) is 29.9 Å². The summed E-state index contributed by atoms with van der Waals surface area (Å²) in [6.07, 6.45) is 8.94. The molecule has 5 heterocycles. The van der Waals surface area contributed by atoms with Crippen LogP contribution in [0.5, 0.6) is 0 Å². The second-order valence-electron chi connectivity index (χ2n) is 28.1. The van der Waals surface area contributed by atoms with E-state index in [1.165, 1.54) is 0 Å². The number of nitrogens with zero attached hydrogens (tertiary/aromatic N) is 6. The summed E-state index contributed by atoms with van der Waals surface area (Å²) in [5.74, 6) is 0. The maximum Gasteiger partial charge on any atom is 3.00 e. The summed E-state index contributed by atoms with van der Waals surface area (Å²) in [4.78, 5) is 28.2. The Morgan fingerprint density at radius 3 is 0.578 bits per heavy atom. The Morgan fingerprint density at radius 1 is 0.155 bits per heavy atom. The normalized spacial score (nSPS) is 11.0. The molecule has 0 saturated carbocycles. The standard InChI is InChI=1S/C108H67N6.Ir.Rh/c1-7-27-97(91(21-1)73-37-49-79(50-38-73)103-33-13-17-61-109-103)85-65-86(98-28-8-2-22-92(98)74-39-51-80(52-40-74)104-34-14-18-62-110-104)68-89(67-85)101-31-11-5-25-95(101)77-45-57-83(58-46-77)107-71-108(114-72-113-107)84-59-47-78(48-60-84)96-26-6-12-32-102(96)90-69-87(99-29-9-3-23-93(99)75-41-53-81(54-42-75)105-35-15-19-63-111-105)66-88(70-90)100-30-10-4-24-94(100)76-43-55-82(56-44-76)106-36-16-20-64-112-106;;/h1-49,51,53,55,57-59,61-72H;;/q-5;;+3. The number of hydrogen-bond acceptors (Lipinski definition) is 6. The van der Waals surface area contributed by atoms with Crippen molar-refractivity contribution in [3.63, 3.8) is 0 Å². The van der Waals surface area contributed by atoms with Crippen LogP contribution in [-0.2, 0) is 39.6 Å². The minimum absolute atomic E-state index is 0. The van der Waals surface area contributed by atoms with Crippen LogP contribution in [0.3, 0.4) is 0 Å². The van der Waals surface area contributed by atoms with Crippen molar-refractivity contribution in [3.8, 4) is 201 Å². The maximum absolute atomic E-state index is 4.87. The molecule has 116 heavy (non-hydrogen) atoms. The van der Waals surface area contributed by atoms with Crippen molar-refractivity contribution in [3.05, 3.63) is 438 Å². The molecule has 0 atom stereocenters. The zero-order valence-corrected chi connectivity index (χ0v) is 66.6. The summed E-state index contributed by atoms with van der Waals surface area (Å²) in [5, 5.41) is 0. The summed E-state index contributed by atoms with van der Waals surface area (Å²) in [5.41, 5.74) is 36.8. The molecule has 0 aliphatic rings. The zero-order valence-electron chi connectivity index (χ0n) is 62.5. The Bertz CT molecular complexity index is 5960. The Kier molecular flexibility index (Phi) is 22.0. The molecule has 8 heteroatoms. The van der Waals surface area contributed by atoms with Crippen molar-refractivity contribution < 1.29 is 39.6 Å². The number of hydrogen-bond donors (Lipinski definition) is 0. The van der Waals surface area contributed by atoms with E-state index in [2.05, 4.69) is 354 Å². The molecule has 549 valence electrons. The van der Waals surface area contributed by atoms with E-state index in [4.69, 9.17) is 9.97 Å². The fraction of sp³-hybridized carbons (Fsp3) is 0. The van der Waals surface area contributed by atoms with Crippen molar-refractivity contribution in [2.75, 3.05) is 0 Å². The summed E-state index contributed by atoms with van der Waals surface area (Å²) < 4.78 is 0. The maximum atomic E-state index is 4.87. The molecule has 0 N–H and O–H groups in total. The van der Waals surface area contributed by atoms with E-state index >= 15 is 0 Å². The van der Waals surface area contributed by atoms with Crippen LogP contribution in [0.25, 0.3) is 201 Å². The molecule has 19 aromatic rings. The molecule has 0 unspecified atom stereocenters. The number of aromatic nitrogens is 6. The first-order valence-electron chi connectivity index (χ1n) is 38.1. The van der Waals surface area contributed by atoms with Crippen molar-refractivity contribution in [1.29, 1.82) is 0 Å². The number of benzene rings is 14. The van der Waals surface area contributed by atoms with Crippen LogP contribution in [0, 0.1) is 30.3 Å². The quantitative estimate of drug-likeness (QED) is 0.0629. The monoisotopic (exact) mass is 1740 g/mol. The fourth-order valence-electron chi connectivity index (χ4n) is 15.4. The van der Waals surface area contributed by atoms with Gasteiger partial charge in [-0.3, -0.25) is 4.98 Å². The third-order valence-electron chi connectivity index (χ3n) is 21.1. The van der Waals surface area contributed by atoms with Gasteiger partial charge in [-0.1, -0.05) is 280 Å². The van der Waals surface area contributed by atoms with E-state index in [0.29, 0.717) is 0 Å². The Balaban J connectivity index is 0.00000484. The van der Waals surface area contributed by atoms with Gasteiger partial charge >= 0.3 is 19.5 Å². The van der Waals surface area contributed by atoms with E-state index in [1.54, 1.807) is 6.33 Å². The van der Waals surface area contributed by atoms with Gasteiger partial charge < -0.3 is 19.9 Å². The first-order chi connectivity index (χ1) is 56.5. The average Bonchev–Trinajstić information content (AvgIpc) is 0.768. The molecule has 0 bridgehead atoms. The summed E-state index contributed by atoms with van der Waals surface area (Å²) in [6.45, 7) is 0. The molecular weight excluding hydrogens is 1680 g/mol. The number of rotatable bonds is 18. The minimum atomic E-state index is 0. The molecule has 0 saturated heterocycles. The van der Waals surface area contributed by atoms with Crippen molar-refractivity contribution >= 4 is 0 Å². The van der Waals surface area contributed by atoms with E-state index in [0.717, 1.165) is 201 Å². The molecule has 0 spiro atoms. The van der Waals surface area contributed by atoms with E-state index in [9.17, 15) is 0 Å². The first-order valence-corrected chi connectivity index (χ1v) is 38.1. The van der Waals surface area contributed by atoms with Gasteiger partial charge in [-0.2, -0.15) is 0 Å². The Hall–Kier alpha value is -14.0. The molecule has 5 aromatic heterocycles. The SMILES string of the molecule is [Ir].[Rh+3].[c-]1cc(-c2ccccc2-c2cc(-c3ccccc3-c3c[c-]c(-c4ccccn4)cc3)cc(-c3ccccc3-c3c[c-]c(-c4cc(-c5ccc(-c6ccccc6-c6cc(-c7ccccc7-c7c[c-]c(-c8ccccn8)cc7)cc(-c7ccccc7-c7c[c-]c(-c8ccccn8)cc7)c6)cc5)ncn4)cc3)c2)ccc1-c1ccccn1. The summed E-state index contributed by atoms with van der Waals surface area (Å²) in [6, 6.07) is 151. The summed E-state index contributed by atoms with van der Waals surface area (Å²) >= 11 is 0. The van der Waals surface area contributed by atoms with Gasteiger partial charge in [-0.15, -0.1) is 149 Å². The van der Waals surface area contributed by atoms with Gasteiger partial charge in [-0.05, 0) is 173 Å². The fourth-order valence-corrected chi connectivity index (χ4v) is 15.4. The molecular formula is C108H67IrN6Rh-2. The second kappa shape index (κ2) is 34.2. The Morgan fingerprint density at radius 2 is 0.353 bits per heavy atom. The van der Waals surface area contributed by atoms with Crippen LogP contribution in [-0.4, -0.2) is 29.9 Å². The molecule has 1 radical (unpaired) electrons. The molecule has 0 aliphatic heterocycles. The van der Waals surface area contributed by atoms with Crippen LogP contribution in [0.4, 0.5) is 0 Å². The van der Waals surface area contributed by atoms with E-state index in [-0.39, 0.29) is 39.6 Å². The van der Waals surface area contributed by atoms with Crippen LogP contribution in [0.1, 0.15) is 0 Å². The topological polar surface area (TPSA) is 77.3 Å². The molecule has 0 fully saturated rings. The van der Waals surface area contributed by atoms with Gasteiger partial charge in [-0.25, -0.2) is 4.98 Å². The zero-order chi connectivity index (χ0) is 75.9. The van der Waals surface area contributed by atoms with Crippen LogP contribution >= 0.6 is 0 Å². The largest absolute Gasteiger partial charge is 3.00 e. The third kappa shape index (κ3) is 15.7. The van der Waals surface area contributed by atoms with Gasteiger partial charge in [0, 0.05) is 44.9 Å². The van der Waals surface area contributed by atoms with Crippen molar-refractivity contribution in [2.45, 2.75) is 0 Å². The molecule has 6 nitrogen and oxygen atoms in total. The van der Waals surface area contributed by atoms with Crippen LogP contribution in [0.2, 0.25) is 0 Å². The van der Waals surface area contributed by atoms with E-state index < -0.39 is 0 Å². The van der Waals surface area contributed by atoms with Gasteiger partial charge in [0.1, 0.15) is 6.33 Å².